The summed E-state index contributed by atoms with van der Waals surface area (Å²) in [4.78, 5) is 24.4. The molecule has 1 amide bonds. The molecule has 0 radical (unpaired) electrons. The Bertz CT molecular complexity index is 1010. The Balaban J connectivity index is 2.09. The van der Waals surface area contributed by atoms with E-state index in [-0.39, 0.29) is 0 Å². The molecule has 30 heavy (non-hydrogen) atoms. The zero-order valence-electron chi connectivity index (χ0n) is 17.1. The lowest BCUT2D eigenvalue weighted by Crippen LogP contribution is -2.37. The van der Waals surface area contributed by atoms with Gasteiger partial charge in [-0.2, -0.15) is 0 Å². The second-order valence-electron chi connectivity index (χ2n) is 6.77. The molecule has 0 saturated heterocycles. The smallest absolute Gasteiger partial charge is 0.338 e. The van der Waals surface area contributed by atoms with E-state index in [0.717, 1.165) is 23.4 Å². The normalized spacial score (nSPS) is 11.1. The van der Waals surface area contributed by atoms with Crippen LogP contribution in [0.4, 0.5) is 11.4 Å². The molecule has 0 spiro atoms. The van der Waals surface area contributed by atoms with Gasteiger partial charge in [-0.1, -0.05) is 31.0 Å². The maximum Gasteiger partial charge on any atom is 0.338 e. The van der Waals surface area contributed by atoms with E-state index in [1.165, 1.54) is 0 Å². The molecule has 1 N–H and O–H groups in total. The fourth-order valence-corrected chi connectivity index (χ4v) is 3.74. The lowest BCUT2D eigenvalue weighted by Gasteiger charge is -2.24. The summed E-state index contributed by atoms with van der Waals surface area (Å²) < 4.78 is 30.7. The molecule has 0 aliphatic rings. The number of rotatable bonds is 9. The van der Waals surface area contributed by atoms with Crippen LogP contribution in [0.1, 0.15) is 35.7 Å². The molecule has 9 heteroatoms. The number of benzene rings is 2. The topological polar surface area (TPSA) is 92.8 Å². The Hall–Kier alpha value is -2.58. The highest BCUT2D eigenvalue weighted by Crippen LogP contribution is 2.28. The van der Waals surface area contributed by atoms with Crippen molar-refractivity contribution in [2.45, 2.75) is 26.7 Å². The standard InChI is InChI=1S/C21H25ClN2O5S/c1-4-5-13-29-21(26)16-9-11-17(12-10-16)23-20(25)14-24(30(3,27)28)19-8-6-7-18(22)15(19)2/h6-12H,4-5,13-14H2,1-3H3,(H,23,25). The molecule has 2 aromatic rings. The van der Waals surface area contributed by atoms with Crippen molar-refractivity contribution in [3.05, 3.63) is 58.6 Å². The van der Waals surface area contributed by atoms with Crippen molar-refractivity contribution in [3.63, 3.8) is 0 Å². The van der Waals surface area contributed by atoms with E-state index < -0.39 is 28.4 Å². The quantitative estimate of drug-likeness (QED) is 0.458. The average molecular weight is 453 g/mol. The molecule has 7 nitrogen and oxygen atoms in total. The van der Waals surface area contributed by atoms with Gasteiger partial charge in [-0.15, -0.1) is 0 Å². The Labute approximate surface area is 182 Å². The van der Waals surface area contributed by atoms with Crippen LogP contribution in [-0.2, 0) is 19.6 Å². The third kappa shape index (κ3) is 6.47. The zero-order chi connectivity index (χ0) is 22.3. The molecule has 0 aromatic heterocycles. The second kappa shape index (κ2) is 10.4. The molecule has 0 unspecified atom stereocenters. The molecule has 0 fully saturated rings. The highest BCUT2D eigenvalue weighted by Gasteiger charge is 2.23. The number of esters is 1. The number of carbonyl (C=O) groups is 2. The van der Waals surface area contributed by atoms with E-state index in [1.807, 2.05) is 6.92 Å². The van der Waals surface area contributed by atoms with Crippen molar-refractivity contribution < 1.29 is 22.7 Å². The van der Waals surface area contributed by atoms with Crippen molar-refractivity contribution in [2.24, 2.45) is 0 Å². The van der Waals surface area contributed by atoms with Gasteiger partial charge in [-0.25, -0.2) is 13.2 Å². The van der Waals surface area contributed by atoms with Crippen LogP contribution < -0.4 is 9.62 Å². The van der Waals surface area contributed by atoms with Gasteiger partial charge in [-0.05, 0) is 55.3 Å². The first-order valence-electron chi connectivity index (χ1n) is 9.43. The summed E-state index contributed by atoms with van der Waals surface area (Å²) in [6.07, 6.45) is 2.75. The summed E-state index contributed by atoms with van der Waals surface area (Å²) in [5, 5.41) is 3.04. The number of anilines is 2. The minimum atomic E-state index is -3.72. The molecule has 0 aliphatic carbocycles. The van der Waals surface area contributed by atoms with Crippen molar-refractivity contribution >= 4 is 44.9 Å². The fraction of sp³-hybridized carbons (Fsp3) is 0.333. The monoisotopic (exact) mass is 452 g/mol. The summed E-state index contributed by atoms with van der Waals surface area (Å²) in [5.41, 5.74) is 1.70. The van der Waals surface area contributed by atoms with Crippen LogP contribution in [0.3, 0.4) is 0 Å². The Morgan fingerprint density at radius 1 is 1.13 bits per heavy atom. The van der Waals surface area contributed by atoms with Crippen LogP contribution in [0.2, 0.25) is 5.02 Å². The summed E-state index contributed by atoms with van der Waals surface area (Å²) in [7, 11) is -3.72. The van der Waals surface area contributed by atoms with Crippen LogP contribution >= 0.6 is 11.6 Å². The zero-order valence-corrected chi connectivity index (χ0v) is 18.7. The summed E-state index contributed by atoms with van der Waals surface area (Å²) in [6.45, 7) is 3.63. The van der Waals surface area contributed by atoms with Crippen LogP contribution in [0.25, 0.3) is 0 Å². The SMILES string of the molecule is CCCCOC(=O)c1ccc(NC(=O)CN(c2cccc(Cl)c2C)S(C)(=O)=O)cc1. The largest absolute Gasteiger partial charge is 0.462 e. The summed E-state index contributed by atoms with van der Waals surface area (Å²) >= 11 is 6.09. The lowest BCUT2D eigenvalue weighted by molar-refractivity contribution is -0.114. The Morgan fingerprint density at radius 3 is 2.40 bits per heavy atom. The van der Waals surface area contributed by atoms with E-state index in [0.29, 0.717) is 34.1 Å². The molecular formula is C21H25ClN2O5S. The van der Waals surface area contributed by atoms with Gasteiger partial charge in [0, 0.05) is 10.7 Å². The van der Waals surface area contributed by atoms with Gasteiger partial charge in [0.1, 0.15) is 6.54 Å². The molecule has 0 heterocycles. The van der Waals surface area contributed by atoms with Crippen molar-refractivity contribution in [1.29, 1.82) is 0 Å². The molecule has 2 aromatic carbocycles. The van der Waals surface area contributed by atoms with Crippen LogP contribution in [0, 0.1) is 6.92 Å². The fourth-order valence-electron chi connectivity index (χ4n) is 2.66. The van der Waals surface area contributed by atoms with Gasteiger partial charge in [0.05, 0.1) is 24.1 Å². The number of hydrogen-bond donors (Lipinski definition) is 1. The Morgan fingerprint density at radius 2 is 1.80 bits per heavy atom. The minimum absolute atomic E-state index is 0.338. The molecular weight excluding hydrogens is 428 g/mol. The second-order valence-corrected chi connectivity index (χ2v) is 9.08. The molecule has 0 saturated carbocycles. The van der Waals surface area contributed by atoms with Crippen LogP contribution in [-0.4, -0.2) is 39.7 Å². The maximum absolute atomic E-state index is 12.5. The first kappa shape index (κ1) is 23.7. The van der Waals surface area contributed by atoms with E-state index >= 15 is 0 Å². The highest BCUT2D eigenvalue weighted by molar-refractivity contribution is 7.92. The molecule has 162 valence electrons. The van der Waals surface area contributed by atoms with Gasteiger partial charge in [0.2, 0.25) is 15.9 Å². The number of amides is 1. The summed E-state index contributed by atoms with van der Waals surface area (Å²) in [5.74, 6) is -0.959. The number of ether oxygens (including phenoxy) is 1. The Kier molecular flexibility index (Phi) is 8.25. The number of nitrogens with zero attached hydrogens (tertiary/aromatic N) is 1. The van der Waals surface area contributed by atoms with Gasteiger partial charge in [0.15, 0.2) is 0 Å². The predicted molar refractivity (Wildman–Crippen MR) is 119 cm³/mol. The average Bonchev–Trinajstić information content (AvgIpc) is 2.68. The lowest BCUT2D eigenvalue weighted by atomic mass is 10.2. The first-order chi connectivity index (χ1) is 14.1. The van der Waals surface area contributed by atoms with Crippen molar-refractivity contribution in [1.82, 2.24) is 0 Å². The molecule has 0 aliphatic heterocycles. The maximum atomic E-state index is 12.5. The third-order valence-corrected chi connectivity index (χ3v) is 5.87. The van der Waals surface area contributed by atoms with E-state index in [4.69, 9.17) is 16.3 Å². The van der Waals surface area contributed by atoms with Gasteiger partial charge < -0.3 is 10.1 Å². The highest BCUT2D eigenvalue weighted by atomic mass is 35.5. The van der Waals surface area contributed by atoms with E-state index in [2.05, 4.69) is 5.32 Å². The molecule has 0 atom stereocenters. The van der Waals surface area contributed by atoms with Gasteiger partial charge >= 0.3 is 5.97 Å². The summed E-state index contributed by atoms with van der Waals surface area (Å²) in [6, 6.07) is 11.1. The minimum Gasteiger partial charge on any atom is -0.462 e. The number of halogens is 1. The number of sulfonamides is 1. The van der Waals surface area contributed by atoms with Gasteiger partial charge in [-0.3, -0.25) is 9.10 Å². The number of hydrogen-bond acceptors (Lipinski definition) is 5. The number of nitrogens with one attached hydrogen (secondary N) is 1. The molecule has 0 bridgehead atoms. The number of carbonyl (C=O) groups excluding carboxylic acids is 2. The van der Waals surface area contributed by atoms with Gasteiger partial charge in [0.25, 0.3) is 0 Å². The van der Waals surface area contributed by atoms with Crippen molar-refractivity contribution in [2.75, 3.05) is 29.0 Å². The first-order valence-corrected chi connectivity index (χ1v) is 11.7. The molecule has 2 rings (SSSR count). The predicted octanol–water partition coefficient (Wildman–Crippen LogP) is 4.01. The van der Waals surface area contributed by atoms with E-state index in [1.54, 1.807) is 49.4 Å². The third-order valence-electron chi connectivity index (χ3n) is 4.33. The van der Waals surface area contributed by atoms with E-state index in [9.17, 15) is 18.0 Å². The number of unbranched alkanes of at least 4 members (excludes halogenated alkanes) is 1. The van der Waals surface area contributed by atoms with Crippen LogP contribution in [0.15, 0.2) is 42.5 Å². The van der Waals surface area contributed by atoms with Crippen LogP contribution in [0.5, 0.6) is 0 Å². The van der Waals surface area contributed by atoms with Crippen molar-refractivity contribution in [3.8, 4) is 0 Å².